The molecule has 0 bridgehead atoms. The Morgan fingerprint density at radius 3 is 1.17 bits per heavy atom. The maximum Gasteiger partial charge on any atom is -0.0152 e. The highest BCUT2D eigenvalue weighted by atomic mass is 14.1. The molecule has 0 saturated carbocycles. The van der Waals surface area contributed by atoms with Gasteiger partial charge in [-0.25, -0.2) is 0 Å². The largest absolute Gasteiger partial charge is 0.0776 e. The van der Waals surface area contributed by atoms with E-state index in [0.717, 1.165) is 0 Å². The van der Waals surface area contributed by atoms with E-state index in [1.54, 1.807) is 0 Å². The molecule has 0 N–H and O–H groups in total. The van der Waals surface area contributed by atoms with Crippen molar-refractivity contribution in [1.82, 2.24) is 0 Å². The van der Waals surface area contributed by atoms with Gasteiger partial charge in [-0.2, -0.15) is 0 Å². The van der Waals surface area contributed by atoms with Crippen molar-refractivity contribution < 1.29 is 0 Å². The van der Waals surface area contributed by atoms with E-state index in [1.165, 1.54) is 33.4 Å². The SMILES string of the molecule is C.C.Cc1ccc(-c2ccc(C)cc2C)c(C)c1. The van der Waals surface area contributed by atoms with Crippen LogP contribution >= 0.6 is 0 Å². The third kappa shape index (κ3) is 3.22. The molecule has 0 radical (unpaired) electrons. The molecule has 0 spiro atoms. The van der Waals surface area contributed by atoms with Crippen molar-refractivity contribution in [2.24, 2.45) is 0 Å². The molecule has 0 aliphatic heterocycles. The van der Waals surface area contributed by atoms with E-state index in [9.17, 15) is 0 Å². The van der Waals surface area contributed by atoms with Gasteiger partial charge in [-0.15, -0.1) is 0 Å². The summed E-state index contributed by atoms with van der Waals surface area (Å²) >= 11 is 0. The monoisotopic (exact) mass is 242 g/mol. The van der Waals surface area contributed by atoms with Crippen molar-refractivity contribution in [2.75, 3.05) is 0 Å². The summed E-state index contributed by atoms with van der Waals surface area (Å²) in [5, 5.41) is 0. The highest BCUT2D eigenvalue weighted by molar-refractivity contribution is 5.71. The summed E-state index contributed by atoms with van der Waals surface area (Å²) in [6.45, 7) is 8.64. The average molecular weight is 242 g/mol. The van der Waals surface area contributed by atoms with Gasteiger partial charge in [-0.3, -0.25) is 0 Å². The fourth-order valence-electron chi connectivity index (χ4n) is 2.23. The molecule has 2 rings (SSSR count). The number of benzene rings is 2. The zero-order chi connectivity index (χ0) is 11.7. The fourth-order valence-corrected chi connectivity index (χ4v) is 2.23. The van der Waals surface area contributed by atoms with E-state index in [-0.39, 0.29) is 14.9 Å². The molecule has 0 heteroatoms. The summed E-state index contributed by atoms with van der Waals surface area (Å²) < 4.78 is 0. The fraction of sp³-hybridized carbons (Fsp3) is 0.333. The molecular formula is C18H26. The molecule has 0 aliphatic rings. The molecule has 98 valence electrons. The van der Waals surface area contributed by atoms with Crippen LogP contribution in [0.2, 0.25) is 0 Å². The summed E-state index contributed by atoms with van der Waals surface area (Å²) in [5.74, 6) is 0. The Morgan fingerprint density at radius 2 is 0.889 bits per heavy atom. The van der Waals surface area contributed by atoms with Gasteiger partial charge < -0.3 is 0 Å². The molecule has 2 aromatic carbocycles. The van der Waals surface area contributed by atoms with Crippen LogP contribution in [0.15, 0.2) is 36.4 Å². The lowest BCUT2D eigenvalue weighted by Gasteiger charge is -2.10. The van der Waals surface area contributed by atoms with Crippen molar-refractivity contribution in [3.63, 3.8) is 0 Å². The van der Waals surface area contributed by atoms with Crippen LogP contribution in [0.1, 0.15) is 37.1 Å². The van der Waals surface area contributed by atoms with Crippen LogP contribution in [0.5, 0.6) is 0 Å². The number of aryl methyl sites for hydroxylation is 4. The third-order valence-corrected chi connectivity index (χ3v) is 3.05. The van der Waals surface area contributed by atoms with Crippen LogP contribution in [0.25, 0.3) is 11.1 Å². The lowest BCUT2D eigenvalue weighted by atomic mass is 9.94. The first-order valence-corrected chi connectivity index (χ1v) is 5.73. The lowest BCUT2D eigenvalue weighted by molar-refractivity contribution is 1.34. The van der Waals surface area contributed by atoms with Gasteiger partial charge in [0.2, 0.25) is 0 Å². The number of hydrogen-bond acceptors (Lipinski definition) is 0. The lowest BCUT2D eigenvalue weighted by Crippen LogP contribution is -1.88. The highest BCUT2D eigenvalue weighted by Gasteiger charge is 2.04. The number of hydrogen-bond donors (Lipinski definition) is 0. The van der Waals surface area contributed by atoms with E-state index in [2.05, 4.69) is 64.1 Å². The second-order valence-corrected chi connectivity index (χ2v) is 4.64. The Balaban J connectivity index is 0.00000144. The van der Waals surface area contributed by atoms with Crippen molar-refractivity contribution in [3.8, 4) is 11.1 Å². The first-order chi connectivity index (χ1) is 7.58. The van der Waals surface area contributed by atoms with E-state index in [1.807, 2.05) is 0 Å². The topological polar surface area (TPSA) is 0 Å². The zero-order valence-corrected chi connectivity index (χ0v) is 10.5. The minimum Gasteiger partial charge on any atom is -0.0776 e. The van der Waals surface area contributed by atoms with E-state index >= 15 is 0 Å². The average Bonchev–Trinajstić information content (AvgIpc) is 2.19. The van der Waals surface area contributed by atoms with Gasteiger partial charge in [0.25, 0.3) is 0 Å². The molecule has 0 heterocycles. The second-order valence-electron chi connectivity index (χ2n) is 4.64. The Morgan fingerprint density at radius 1 is 0.556 bits per heavy atom. The molecular weight excluding hydrogens is 216 g/mol. The summed E-state index contributed by atoms with van der Waals surface area (Å²) in [5.41, 5.74) is 8.06. The Labute approximate surface area is 113 Å². The van der Waals surface area contributed by atoms with Gasteiger partial charge in [-0.1, -0.05) is 62.4 Å². The van der Waals surface area contributed by atoms with E-state index < -0.39 is 0 Å². The molecule has 0 aromatic heterocycles. The predicted octanol–water partition coefficient (Wildman–Crippen LogP) is 5.86. The van der Waals surface area contributed by atoms with Gasteiger partial charge in [0.1, 0.15) is 0 Å². The van der Waals surface area contributed by atoms with Gasteiger partial charge in [0.05, 0.1) is 0 Å². The van der Waals surface area contributed by atoms with Crippen molar-refractivity contribution in [1.29, 1.82) is 0 Å². The normalized spacial score (nSPS) is 9.33. The van der Waals surface area contributed by atoms with Crippen LogP contribution < -0.4 is 0 Å². The van der Waals surface area contributed by atoms with E-state index in [4.69, 9.17) is 0 Å². The van der Waals surface area contributed by atoms with Gasteiger partial charge >= 0.3 is 0 Å². The molecule has 0 saturated heterocycles. The minimum absolute atomic E-state index is 0. The minimum atomic E-state index is 0. The van der Waals surface area contributed by atoms with Crippen molar-refractivity contribution in [2.45, 2.75) is 42.5 Å². The van der Waals surface area contributed by atoms with Gasteiger partial charge in [-0.05, 0) is 49.9 Å². The standard InChI is InChI=1S/C16H18.2CH4/c1-11-5-7-15(13(3)9-11)16-8-6-12(2)10-14(16)4;;/h5-10H,1-4H3;2*1H4. The second kappa shape index (κ2) is 6.39. The van der Waals surface area contributed by atoms with E-state index in [0.29, 0.717) is 0 Å². The maximum atomic E-state index is 2.24. The first-order valence-electron chi connectivity index (χ1n) is 5.73. The third-order valence-electron chi connectivity index (χ3n) is 3.05. The molecule has 0 amide bonds. The van der Waals surface area contributed by atoms with Crippen LogP contribution in [0, 0.1) is 27.7 Å². The molecule has 18 heavy (non-hydrogen) atoms. The quantitative estimate of drug-likeness (QED) is 0.587. The van der Waals surface area contributed by atoms with Crippen molar-refractivity contribution in [3.05, 3.63) is 58.7 Å². The molecule has 0 atom stereocenters. The molecule has 0 nitrogen and oxygen atoms in total. The molecule has 2 aromatic rings. The Bertz CT molecular complexity index is 472. The highest BCUT2D eigenvalue weighted by Crippen LogP contribution is 2.27. The van der Waals surface area contributed by atoms with Gasteiger partial charge in [0.15, 0.2) is 0 Å². The predicted molar refractivity (Wildman–Crippen MR) is 84.3 cm³/mol. The maximum absolute atomic E-state index is 2.24. The zero-order valence-electron chi connectivity index (χ0n) is 10.5. The summed E-state index contributed by atoms with van der Waals surface area (Å²) in [6, 6.07) is 13.3. The van der Waals surface area contributed by atoms with Crippen LogP contribution in [0.3, 0.4) is 0 Å². The summed E-state index contributed by atoms with van der Waals surface area (Å²) in [6.07, 6.45) is 0. The number of rotatable bonds is 1. The molecule has 0 fully saturated rings. The first kappa shape index (κ1) is 16.4. The van der Waals surface area contributed by atoms with Crippen LogP contribution in [-0.4, -0.2) is 0 Å². The Kier molecular flexibility index (Phi) is 5.84. The molecule has 0 aliphatic carbocycles. The Hall–Kier alpha value is -1.56. The smallest absolute Gasteiger partial charge is 0.0152 e. The van der Waals surface area contributed by atoms with Gasteiger partial charge in [0, 0.05) is 0 Å². The summed E-state index contributed by atoms with van der Waals surface area (Å²) in [7, 11) is 0. The van der Waals surface area contributed by atoms with Crippen molar-refractivity contribution >= 4 is 0 Å². The van der Waals surface area contributed by atoms with Crippen LogP contribution in [0.4, 0.5) is 0 Å². The molecule has 0 unspecified atom stereocenters. The summed E-state index contributed by atoms with van der Waals surface area (Å²) in [4.78, 5) is 0. The van der Waals surface area contributed by atoms with Crippen LogP contribution in [-0.2, 0) is 0 Å².